The summed E-state index contributed by atoms with van der Waals surface area (Å²) in [5, 5.41) is 3.05. The van der Waals surface area contributed by atoms with Gasteiger partial charge < -0.3 is 15.1 Å². The Morgan fingerprint density at radius 3 is 2.22 bits per heavy atom. The lowest BCUT2D eigenvalue weighted by Gasteiger charge is -2.36. The van der Waals surface area contributed by atoms with Gasteiger partial charge in [0, 0.05) is 45.1 Å². The molecular formula is C17H32ClN3O2. The number of amides is 2. The maximum Gasteiger partial charge on any atom is 0.226 e. The van der Waals surface area contributed by atoms with Crippen molar-refractivity contribution in [2.75, 3.05) is 39.8 Å². The third-order valence-electron chi connectivity index (χ3n) is 5.12. The zero-order valence-corrected chi connectivity index (χ0v) is 15.4. The van der Waals surface area contributed by atoms with Crippen LogP contribution in [0.25, 0.3) is 0 Å². The SMILES string of the molecule is CNCC(C)C(=O)N1CCN(C(=O)CCC2CCCC2)CC1.Cl. The molecule has 0 aromatic heterocycles. The number of hydrogen-bond acceptors (Lipinski definition) is 3. The maximum absolute atomic E-state index is 12.3. The molecule has 1 heterocycles. The van der Waals surface area contributed by atoms with Crippen LogP contribution in [0.4, 0.5) is 0 Å². The highest BCUT2D eigenvalue weighted by Gasteiger charge is 2.27. The number of hydrogen-bond donors (Lipinski definition) is 1. The minimum atomic E-state index is 0. The van der Waals surface area contributed by atoms with Crippen LogP contribution in [0.3, 0.4) is 0 Å². The lowest BCUT2D eigenvalue weighted by atomic mass is 10.0. The van der Waals surface area contributed by atoms with Crippen LogP contribution >= 0.6 is 12.4 Å². The van der Waals surface area contributed by atoms with Crippen molar-refractivity contribution >= 4 is 24.2 Å². The number of carbonyl (C=O) groups is 2. The van der Waals surface area contributed by atoms with Crippen LogP contribution in [0.15, 0.2) is 0 Å². The molecule has 2 aliphatic rings. The Labute approximate surface area is 146 Å². The van der Waals surface area contributed by atoms with E-state index in [9.17, 15) is 9.59 Å². The largest absolute Gasteiger partial charge is 0.339 e. The molecule has 0 aromatic carbocycles. The van der Waals surface area contributed by atoms with Crippen LogP contribution < -0.4 is 5.32 Å². The van der Waals surface area contributed by atoms with E-state index < -0.39 is 0 Å². The van der Waals surface area contributed by atoms with Gasteiger partial charge in [-0.1, -0.05) is 32.6 Å². The van der Waals surface area contributed by atoms with Gasteiger partial charge in [-0.25, -0.2) is 0 Å². The Hall–Kier alpha value is -0.810. The van der Waals surface area contributed by atoms with Gasteiger partial charge in [-0.15, -0.1) is 12.4 Å². The summed E-state index contributed by atoms with van der Waals surface area (Å²) in [6.07, 6.45) is 7.03. The lowest BCUT2D eigenvalue weighted by molar-refractivity contribution is -0.141. The smallest absolute Gasteiger partial charge is 0.226 e. The van der Waals surface area contributed by atoms with Gasteiger partial charge >= 0.3 is 0 Å². The Kier molecular flexibility index (Phi) is 8.92. The van der Waals surface area contributed by atoms with Crippen LogP contribution in [-0.2, 0) is 9.59 Å². The molecule has 0 radical (unpaired) electrons. The second kappa shape index (κ2) is 10.1. The van der Waals surface area contributed by atoms with Crippen molar-refractivity contribution in [3.8, 4) is 0 Å². The first kappa shape index (κ1) is 20.2. The molecule has 1 atom stereocenters. The predicted molar refractivity (Wildman–Crippen MR) is 94.7 cm³/mol. The molecule has 134 valence electrons. The molecule has 6 heteroatoms. The fraction of sp³-hybridized carbons (Fsp3) is 0.882. The van der Waals surface area contributed by atoms with Crippen LogP contribution in [0.1, 0.15) is 45.4 Å². The highest BCUT2D eigenvalue weighted by molar-refractivity contribution is 5.85. The summed E-state index contributed by atoms with van der Waals surface area (Å²) >= 11 is 0. The van der Waals surface area contributed by atoms with Crippen LogP contribution in [-0.4, -0.2) is 61.4 Å². The van der Waals surface area contributed by atoms with E-state index in [1.165, 1.54) is 25.7 Å². The van der Waals surface area contributed by atoms with Gasteiger partial charge in [-0.2, -0.15) is 0 Å². The van der Waals surface area contributed by atoms with Gasteiger partial charge in [0.2, 0.25) is 11.8 Å². The van der Waals surface area contributed by atoms with Crippen molar-refractivity contribution in [1.82, 2.24) is 15.1 Å². The molecule has 0 spiro atoms. The fourth-order valence-electron chi connectivity index (χ4n) is 3.67. The monoisotopic (exact) mass is 345 g/mol. The maximum atomic E-state index is 12.3. The normalized spacial score (nSPS) is 20.3. The molecule has 2 rings (SSSR count). The van der Waals surface area contributed by atoms with Crippen molar-refractivity contribution in [1.29, 1.82) is 0 Å². The molecule has 1 saturated carbocycles. The summed E-state index contributed by atoms with van der Waals surface area (Å²) < 4.78 is 0. The average molecular weight is 346 g/mol. The van der Waals surface area contributed by atoms with Crippen LogP contribution in [0.2, 0.25) is 0 Å². The number of rotatable bonds is 6. The second-order valence-corrected chi connectivity index (χ2v) is 6.85. The first-order valence-corrected chi connectivity index (χ1v) is 8.83. The van der Waals surface area contributed by atoms with Crippen molar-refractivity contribution in [2.24, 2.45) is 11.8 Å². The Morgan fingerprint density at radius 2 is 1.65 bits per heavy atom. The summed E-state index contributed by atoms with van der Waals surface area (Å²) in [4.78, 5) is 28.4. The van der Waals surface area contributed by atoms with E-state index in [4.69, 9.17) is 0 Å². The van der Waals surface area contributed by atoms with E-state index in [-0.39, 0.29) is 30.1 Å². The van der Waals surface area contributed by atoms with Crippen LogP contribution in [0, 0.1) is 11.8 Å². The topological polar surface area (TPSA) is 52.7 Å². The van der Waals surface area contributed by atoms with Gasteiger partial charge in [0.25, 0.3) is 0 Å². The summed E-state index contributed by atoms with van der Waals surface area (Å²) in [6, 6.07) is 0. The Balaban J connectivity index is 0.00000264. The van der Waals surface area contributed by atoms with Crippen molar-refractivity contribution < 1.29 is 9.59 Å². The Morgan fingerprint density at radius 1 is 1.09 bits per heavy atom. The van der Waals surface area contributed by atoms with Crippen LogP contribution in [0.5, 0.6) is 0 Å². The summed E-state index contributed by atoms with van der Waals surface area (Å²) in [6.45, 7) is 5.42. The summed E-state index contributed by atoms with van der Waals surface area (Å²) in [5.41, 5.74) is 0. The highest BCUT2D eigenvalue weighted by atomic mass is 35.5. The molecule has 1 N–H and O–H groups in total. The zero-order chi connectivity index (χ0) is 15.9. The number of nitrogens with one attached hydrogen (secondary N) is 1. The minimum Gasteiger partial charge on any atom is -0.339 e. The van der Waals surface area contributed by atoms with Gasteiger partial charge in [0.05, 0.1) is 0 Å². The summed E-state index contributed by atoms with van der Waals surface area (Å²) in [7, 11) is 1.87. The van der Waals surface area contributed by atoms with E-state index in [0.717, 1.165) is 12.3 Å². The predicted octanol–water partition coefficient (Wildman–Crippen LogP) is 1.90. The van der Waals surface area contributed by atoms with E-state index in [0.29, 0.717) is 39.1 Å². The first-order valence-electron chi connectivity index (χ1n) is 8.83. The van der Waals surface area contributed by atoms with Gasteiger partial charge in [0.1, 0.15) is 0 Å². The fourth-order valence-corrected chi connectivity index (χ4v) is 3.67. The van der Waals surface area contributed by atoms with E-state index in [1.54, 1.807) is 0 Å². The van der Waals surface area contributed by atoms with E-state index in [2.05, 4.69) is 5.32 Å². The Bertz CT molecular complexity index is 378. The molecule has 0 aromatic rings. The molecule has 2 fully saturated rings. The third-order valence-corrected chi connectivity index (χ3v) is 5.12. The zero-order valence-electron chi connectivity index (χ0n) is 14.6. The number of halogens is 1. The van der Waals surface area contributed by atoms with E-state index >= 15 is 0 Å². The molecule has 23 heavy (non-hydrogen) atoms. The highest BCUT2D eigenvalue weighted by Crippen LogP contribution is 2.28. The molecule has 2 amide bonds. The van der Waals surface area contributed by atoms with Crippen molar-refractivity contribution in [3.05, 3.63) is 0 Å². The van der Waals surface area contributed by atoms with Gasteiger partial charge in [-0.05, 0) is 19.4 Å². The van der Waals surface area contributed by atoms with Crippen molar-refractivity contribution in [3.63, 3.8) is 0 Å². The number of nitrogens with zero attached hydrogens (tertiary/aromatic N) is 2. The third kappa shape index (κ3) is 5.96. The lowest BCUT2D eigenvalue weighted by Crippen LogP contribution is -2.52. The number of carbonyl (C=O) groups excluding carboxylic acids is 2. The average Bonchev–Trinajstić information content (AvgIpc) is 3.05. The molecule has 1 saturated heterocycles. The molecule has 1 aliphatic heterocycles. The standard InChI is InChI=1S/C17H31N3O2.ClH/c1-14(13-18-2)17(22)20-11-9-19(10-12-20)16(21)8-7-15-5-3-4-6-15;/h14-15,18H,3-13H2,1-2H3;1H. The molecular weight excluding hydrogens is 314 g/mol. The molecule has 0 bridgehead atoms. The molecule has 5 nitrogen and oxygen atoms in total. The second-order valence-electron chi connectivity index (χ2n) is 6.85. The molecule has 1 unspecified atom stereocenters. The summed E-state index contributed by atoms with van der Waals surface area (Å²) in [5.74, 6) is 1.26. The number of piperazine rings is 1. The van der Waals surface area contributed by atoms with E-state index in [1.807, 2.05) is 23.8 Å². The van der Waals surface area contributed by atoms with Gasteiger partial charge in [0.15, 0.2) is 0 Å². The minimum absolute atomic E-state index is 0. The first-order chi connectivity index (χ1) is 10.6. The molecule has 1 aliphatic carbocycles. The quantitative estimate of drug-likeness (QED) is 0.800. The van der Waals surface area contributed by atoms with Gasteiger partial charge in [-0.3, -0.25) is 9.59 Å². The van der Waals surface area contributed by atoms with Crippen molar-refractivity contribution in [2.45, 2.75) is 45.4 Å².